The van der Waals surface area contributed by atoms with E-state index in [4.69, 9.17) is 45.9 Å². The van der Waals surface area contributed by atoms with Gasteiger partial charge < -0.3 is 36.5 Å². The lowest BCUT2D eigenvalue weighted by molar-refractivity contribution is -0.135. The number of fused-ring (bicyclic) bond motifs is 3. The van der Waals surface area contributed by atoms with Crippen molar-refractivity contribution < 1.29 is 28.6 Å². The number of alkyl carbamates (subject to hydrolysis) is 1. The van der Waals surface area contributed by atoms with Crippen molar-refractivity contribution in [3.8, 4) is 5.75 Å². The molecule has 10 nitrogen and oxygen atoms in total. The average molecular weight is 757 g/mol. The number of carbonyl (C=O) groups is 3. The SMILES string of the molecule is CCC(C)C(NC(=O)OC1(NC(=O)C(CCc2ccc(O)cc2)NC(=O)Cc2ccccc2F)CCc2[nH]c3c(Cl)cc(Cl)cc3c2C1)C(N)=S. The Morgan fingerprint density at radius 1 is 1.12 bits per heavy atom. The van der Waals surface area contributed by atoms with Gasteiger partial charge in [-0.3, -0.25) is 9.59 Å². The largest absolute Gasteiger partial charge is 0.508 e. The molecule has 14 heteroatoms. The molecule has 1 aliphatic carbocycles. The van der Waals surface area contributed by atoms with Gasteiger partial charge in [-0.25, -0.2) is 9.18 Å². The summed E-state index contributed by atoms with van der Waals surface area (Å²) in [7, 11) is 0. The number of benzene rings is 3. The molecular formula is C37H40Cl2FN5O5S. The van der Waals surface area contributed by atoms with Crippen molar-refractivity contribution >= 4 is 69.2 Å². The molecule has 0 saturated heterocycles. The van der Waals surface area contributed by atoms with Gasteiger partial charge in [-0.15, -0.1) is 0 Å². The molecule has 1 heterocycles. The van der Waals surface area contributed by atoms with Crippen molar-refractivity contribution in [2.24, 2.45) is 11.7 Å². The van der Waals surface area contributed by atoms with E-state index >= 15 is 0 Å². The predicted molar refractivity (Wildman–Crippen MR) is 199 cm³/mol. The number of nitrogens with two attached hydrogens (primary N) is 1. The molecule has 4 unspecified atom stereocenters. The van der Waals surface area contributed by atoms with Crippen LogP contribution in [-0.4, -0.2) is 50.8 Å². The number of amides is 3. The van der Waals surface area contributed by atoms with Gasteiger partial charge in [0.05, 0.1) is 28.0 Å². The maximum atomic E-state index is 14.4. The van der Waals surface area contributed by atoms with Gasteiger partial charge in [0.1, 0.15) is 17.6 Å². The molecule has 0 bridgehead atoms. The zero-order valence-electron chi connectivity index (χ0n) is 28.2. The molecule has 3 aromatic carbocycles. The Kier molecular flexibility index (Phi) is 12.1. The third kappa shape index (κ3) is 9.29. The zero-order valence-corrected chi connectivity index (χ0v) is 30.5. The minimum atomic E-state index is -1.58. The van der Waals surface area contributed by atoms with Gasteiger partial charge in [0.25, 0.3) is 0 Å². The number of nitrogens with one attached hydrogen (secondary N) is 4. The number of phenols is 1. The van der Waals surface area contributed by atoms with Crippen LogP contribution in [0.4, 0.5) is 9.18 Å². The fraction of sp³-hybridized carbons (Fsp3) is 0.351. The number of ether oxygens (including phenoxy) is 1. The number of hydrogen-bond acceptors (Lipinski definition) is 6. The van der Waals surface area contributed by atoms with Crippen LogP contribution < -0.4 is 21.7 Å². The maximum Gasteiger partial charge on any atom is 0.409 e. The van der Waals surface area contributed by atoms with Crippen LogP contribution in [0.5, 0.6) is 5.75 Å². The predicted octanol–water partition coefficient (Wildman–Crippen LogP) is 6.41. The standard InChI is InChI=1S/C37H40Cl2FN5O5S/c1-3-20(2)32(34(41)51)44-36(49)50-37(15-14-29-26(19-37)25-17-23(38)18-27(39)33(25)43-29)45-35(48)30(13-10-21-8-11-24(46)12-9-21)42-31(47)16-22-6-4-5-7-28(22)40/h4-9,11-12,17-18,20,30,32,43,46H,3,10,13-16,19H2,1-2H3,(H2,41,51)(H,42,47)(H,44,49)(H,45,48). The monoisotopic (exact) mass is 755 g/mol. The Morgan fingerprint density at radius 3 is 2.53 bits per heavy atom. The molecule has 7 N–H and O–H groups in total. The van der Waals surface area contributed by atoms with Crippen LogP contribution in [0.3, 0.4) is 0 Å². The molecule has 4 atom stereocenters. The normalized spacial score (nSPS) is 17.1. The van der Waals surface area contributed by atoms with Gasteiger partial charge in [0.2, 0.25) is 11.8 Å². The van der Waals surface area contributed by atoms with Gasteiger partial charge in [0, 0.05) is 28.9 Å². The molecule has 4 aromatic rings. The van der Waals surface area contributed by atoms with E-state index in [0.29, 0.717) is 40.2 Å². The summed E-state index contributed by atoms with van der Waals surface area (Å²) in [5.41, 5.74) is 7.64. The third-order valence-corrected chi connectivity index (χ3v) is 10.1. The Hall–Kier alpha value is -4.39. The average Bonchev–Trinajstić information content (AvgIpc) is 3.44. The van der Waals surface area contributed by atoms with Crippen molar-refractivity contribution in [2.75, 3.05) is 0 Å². The minimum Gasteiger partial charge on any atom is -0.508 e. The van der Waals surface area contributed by atoms with Crippen LogP contribution in [0.2, 0.25) is 10.0 Å². The van der Waals surface area contributed by atoms with Crippen LogP contribution in [0.25, 0.3) is 10.9 Å². The number of aromatic nitrogens is 1. The number of rotatable bonds is 13. The number of halogens is 3. The molecule has 1 aliphatic rings. The van der Waals surface area contributed by atoms with E-state index in [1.807, 2.05) is 13.8 Å². The summed E-state index contributed by atoms with van der Waals surface area (Å²) in [4.78, 5) is 44.6. The number of thiocarbonyl (C=S) groups is 1. The second-order valence-corrected chi connectivity index (χ2v) is 14.3. The van der Waals surface area contributed by atoms with Gasteiger partial charge in [0.15, 0.2) is 5.72 Å². The highest BCUT2D eigenvalue weighted by Crippen LogP contribution is 2.38. The van der Waals surface area contributed by atoms with Crippen molar-refractivity contribution in [1.29, 1.82) is 0 Å². The second kappa shape index (κ2) is 16.3. The Labute approximate surface area is 310 Å². The number of carbonyl (C=O) groups excluding carboxylic acids is 3. The molecule has 0 aliphatic heterocycles. The van der Waals surface area contributed by atoms with Crippen molar-refractivity contribution in [2.45, 2.75) is 76.6 Å². The molecule has 0 radical (unpaired) electrons. The topological polar surface area (TPSA) is 159 Å². The van der Waals surface area contributed by atoms with E-state index in [0.717, 1.165) is 16.8 Å². The van der Waals surface area contributed by atoms with E-state index < -0.39 is 41.5 Å². The summed E-state index contributed by atoms with van der Waals surface area (Å²) in [5.74, 6) is -1.73. The van der Waals surface area contributed by atoms with Crippen LogP contribution in [0.15, 0.2) is 60.7 Å². The van der Waals surface area contributed by atoms with Crippen LogP contribution >= 0.6 is 35.4 Å². The van der Waals surface area contributed by atoms with Crippen molar-refractivity contribution in [3.63, 3.8) is 0 Å². The van der Waals surface area contributed by atoms with Crippen LogP contribution in [0.1, 0.15) is 55.5 Å². The van der Waals surface area contributed by atoms with Gasteiger partial charge in [-0.2, -0.15) is 0 Å². The lowest BCUT2D eigenvalue weighted by atomic mass is 9.87. The summed E-state index contributed by atoms with van der Waals surface area (Å²) in [6.07, 6.45) is 0.628. The lowest BCUT2D eigenvalue weighted by Gasteiger charge is -2.39. The number of aromatic hydroxyl groups is 1. The Morgan fingerprint density at radius 2 is 1.84 bits per heavy atom. The number of H-pyrrole nitrogens is 1. The lowest BCUT2D eigenvalue weighted by Crippen LogP contribution is -2.61. The summed E-state index contributed by atoms with van der Waals surface area (Å²) < 4.78 is 20.6. The van der Waals surface area contributed by atoms with Crippen LogP contribution in [0, 0.1) is 11.7 Å². The molecule has 270 valence electrons. The highest BCUT2D eigenvalue weighted by molar-refractivity contribution is 7.80. The molecule has 3 amide bonds. The van der Waals surface area contributed by atoms with Gasteiger partial charge >= 0.3 is 6.09 Å². The second-order valence-electron chi connectivity index (χ2n) is 12.9. The fourth-order valence-corrected chi connectivity index (χ4v) is 7.17. The van der Waals surface area contributed by atoms with Crippen molar-refractivity contribution in [3.05, 3.63) is 98.9 Å². The number of aryl methyl sites for hydroxylation is 2. The first-order valence-corrected chi connectivity index (χ1v) is 17.8. The Balaban J connectivity index is 1.46. The highest BCUT2D eigenvalue weighted by Gasteiger charge is 2.43. The first-order valence-electron chi connectivity index (χ1n) is 16.7. The van der Waals surface area contributed by atoms with E-state index in [1.54, 1.807) is 30.3 Å². The van der Waals surface area contributed by atoms with E-state index in [1.165, 1.54) is 30.3 Å². The first-order chi connectivity index (χ1) is 24.3. The summed E-state index contributed by atoms with van der Waals surface area (Å²) in [6.45, 7) is 3.84. The number of aromatic amines is 1. The first kappa shape index (κ1) is 37.9. The molecule has 0 saturated carbocycles. The van der Waals surface area contributed by atoms with E-state index in [-0.39, 0.29) is 47.9 Å². The number of hydrogen-bond donors (Lipinski definition) is 6. The summed E-state index contributed by atoms with van der Waals surface area (Å²) in [6, 6.07) is 14.0. The quantitative estimate of drug-likeness (QED) is 0.0680. The minimum absolute atomic E-state index is 0.0487. The summed E-state index contributed by atoms with van der Waals surface area (Å²) in [5, 5.41) is 19.8. The number of phenolic OH excluding ortho intramolecular Hbond substituents is 1. The molecular weight excluding hydrogens is 716 g/mol. The molecule has 0 spiro atoms. The third-order valence-electron chi connectivity index (χ3n) is 9.31. The van der Waals surface area contributed by atoms with E-state index in [9.17, 15) is 23.9 Å². The highest BCUT2D eigenvalue weighted by atomic mass is 35.5. The van der Waals surface area contributed by atoms with E-state index in [2.05, 4.69) is 20.9 Å². The summed E-state index contributed by atoms with van der Waals surface area (Å²) >= 11 is 18.1. The fourth-order valence-electron chi connectivity index (χ4n) is 6.34. The molecule has 1 aromatic heterocycles. The van der Waals surface area contributed by atoms with Gasteiger partial charge in [-0.05, 0) is 72.2 Å². The zero-order chi connectivity index (χ0) is 36.9. The Bertz CT molecular complexity index is 1940. The molecule has 51 heavy (non-hydrogen) atoms. The molecule has 0 fully saturated rings. The smallest absolute Gasteiger partial charge is 0.409 e. The van der Waals surface area contributed by atoms with Crippen LogP contribution in [-0.2, 0) is 40.0 Å². The molecule has 5 rings (SSSR count). The van der Waals surface area contributed by atoms with Gasteiger partial charge in [-0.1, -0.05) is 86.0 Å². The van der Waals surface area contributed by atoms with Crippen molar-refractivity contribution in [1.82, 2.24) is 20.9 Å². The maximum absolute atomic E-state index is 14.4.